The molecule has 0 radical (unpaired) electrons. The van der Waals surface area contributed by atoms with Crippen LogP contribution >= 0.6 is 0 Å². The topological polar surface area (TPSA) is 92.8 Å². The third-order valence-corrected chi connectivity index (χ3v) is 6.22. The number of anilines is 1. The number of hydrogen-bond donors (Lipinski definition) is 2. The predicted molar refractivity (Wildman–Crippen MR) is 114 cm³/mol. The van der Waals surface area contributed by atoms with E-state index in [1.165, 1.54) is 0 Å². The molecular formula is C23H26N4O4. The van der Waals surface area contributed by atoms with Crippen LogP contribution in [0.4, 0.5) is 10.5 Å². The molecule has 31 heavy (non-hydrogen) atoms. The second kappa shape index (κ2) is 8.28. The van der Waals surface area contributed by atoms with Gasteiger partial charge in [-0.15, -0.1) is 0 Å². The fraction of sp³-hybridized carbons (Fsp3) is 0.435. The van der Waals surface area contributed by atoms with Crippen LogP contribution in [0.5, 0.6) is 5.75 Å². The number of hydrogen-bond acceptors (Lipinski definition) is 6. The van der Waals surface area contributed by atoms with Crippen molar-refractivity contribution >= 4 is 17.5 Å². The summed E-state index contributed by atoms with van der Waals surface area (Å²) in [4.78, 5) is 31.6. The molecule has 0 bridgehead atoms. The highest BCUT2D eigenvalue weighted by Crippen LogP contribution is 2.30. The van der Waals surface area contributed by atoms with Crippen LogP contribution in [0.1, 0.15) is 30.4 Å². The van der Waals surface area contributed by atoms with Crippen molar-refractivity contribution in [3.8, 4) is 5.75 Å². The number of amides is 2. The molecule has 8 nitrogen and oxygen atoms in total. The molecule has 5 rings (SSSR count). The number of fused-ring (bicyclic) bond motifs is 1. The number of ether oxygens (including phenoxy) is 2. The van der Waals surface area contributed by atoms with Crippen LogP contribution < -0.4 is 15.4 Å². The number of aromatic nitrogens is 1. The van der Waals surface area contributed by atoms with Crippen LogP contribution in [0.2, 0.25) is 0 Å². The van der Waals surface area contributed by atoms with Crippen LogP contribution in [-0.2, 0) is 22.6 Å². The fourth-order valence-electron chi connectivity index (χ4n) is 4.49. The van der Waals surface area contributed by atoms with Crippen molar-refractivity contribution in [3.05, 3.63) is 53.9 Å². The van der Waals surface area contributed by atoms with E-state index in [9.17, 15) is 9.59 Å². The van der Waals surface area contributed by atoms with Crippen molar-refractivity contribution in [1.82, 2.24) is 15.2 Å². The Morgan fingerprint density at radius 1 is 1.19 bits per heavy atom. The minimum atomic E-state index is -0.894. The largest absolute Gasteiger partial charge is 0.478 e. The van der Waals surface area contributed by atoms with Gasteiger partial charge < -0.3 is 25.0 Å². The molecule has 2 atom stereocenters. The first-order valence-electron chi connectivity index (χ1n) is 10.8. The Morgan fingerprint density at radius 3 is 2.74 bits per heavy atom. The number of urea groups is 1. The summed E-state index contributed by atoms with van der Waals surface area (Å²) in [7, 11) is 0. The molecule has 0 aliphatic carbocycles. The highest BCUT2D eigenvalue weighted by atomic mass is 16.5. The van der Waals surface area contributed by atoms with Crippen LogP contribution in [0.3, 0.4) is 0 Å². The highest BCUT2D eigenvalue weighted by Gasteiger charge is 2.47. The SMILES string of the molecule is O=C(Nc1ccc(O[C@]2(C(=O)[C@@H]3CCCO3)CCNC2)cc1)N1Cc2ccncc2C1. The molecular weight excluding hydrogens is 396 g/mol. The number of nitrogens with zero attached hydrogens (tertiary/aromatic N) is 2. The van der Waals surface area contributed by atoms with E-state index >= 15 is 0 Å². The fourth-order valence-corrected chi connectivity index (χ4v) is 4.49. The lowest BCUT2D eigenvalue weighted by atomic mass is 9.92. The molecule has 0 unspecified atom stereocenters. The van der Waals surface area contributed by atoms with Gasteiger partial charge in [-0.1, -0.05) is 0 Å². The summed E-state index contributed by atoms with van der Waals surface area (Å²) in [5.41, 5.74) is 1.98. The number of pyridine rings is 1. The van der Waals surface area contributed by atoms with Gasteiger partial charge in [0, 0.05) is 50.7 Å². The van der Waals surface area contributed by atoms with Gasteiger partial charge in [0.1, 0.15) is 11.9 Å². The second-order valence-corrected chi connectivity index (χ2v) is 8.34. The van der Waals surface area contributed by atoms with E-state index in [0.29, 0.717) is 44.1 Å². The molecule has 2 saturated heterocycles. The summed E-state index contributed by atoms with van der Waals surface area (Å²) in [6.07, 6.45) is 5.46. The average molecular weight is 422 g/mol. The smallest absolute Gasteiger partial charge is 0.322 e. The number of nitrogens with one attached hydrogen (secondary N) is 2. The van der Waals surface area contributed by atoms with Crippen LogP contribution in [-0.4, -0.2) is 53.1 Å². The second-order valence-electron chi connectivity index (χ2n) is 8.34. The van der Waals surface area contributed by atoms with Crippen molar-refractivity contribution in [2.45, 2.75) is 44.1 Å². The number of ketones is 1. The predicted octanol–water partition coefficient (Wildman–Crippen LogP) is 2.49. The Bertz CT molecular complexity index is 941. The van der Waals surface area contributed by atoms with Crippen LogP contribution in [0.15, 0.2) is 42.7 Å². The molecule has 162 valence electrons. The van der Waals surface area contributed by atoms with E-state index in [1.54, 1.807) is 41.6 Å². The number of Topliss-reactive ketones (excluding diaryl/α,β-unsaturated/α-hetero) is 1. The van der Waals surface area contributed by atoms with Gasteiger partial charge in [-0.3, -0.25) is 9.78 Å². The Labute approximate surface area is 180 Å². The summed E-state index contributed by atoms with van der Waals surface area (Å²) in [5.74, 6) is 0.628. The van der Waals surface area contributed by atoms with E-state index < -0.39 is 5.60 Å². The van der Waals surface area contributed by atoms with Gasteiger partial charge in [-0.25, -0.2) is 4.79 Å². The van der Waals surface area contributed by atoms with Crippen LogP contribution in [0.25, 0.3) is 0 Å². The van der Waals surface area contributed by atoms with Crippen LogP contribution in [0, 0.1) is 0 Å². The third kappa shape index (κ3) is 4.00. The van der Waals surface area contributed by atoms with Crippen molar-refractivity contribution in [3.63, 3.8) is 0 Å². The summed E-state index contributed by atoms with van der Waals surface area (Å²) in [6.45, 7) is 2.98. The maximum atomic E-state index is 13.1. The van der Waals surface area contributed by atoms with E-state index in [4.69, 9.17) is 9.47 Å². The van der Waals surface area contributed by atoms with Gasteiger partial charge in [-0.2, -0.15) is 0 Å². The minimum absolute atomic E-state index is 0.0236. The minimum Gasteiger partial charge on any atom is -0.478 e. The standard InChI is InChI=1S/C23H26N4O4/c28-21(20-2-1-11-30-20)23(8-10-25-15-23)31-19-5-3-18(4-6-19)26-22(29)27-13-16-7-9-24-12-17(16)14-27/h3-7,9,12,20,25H,1-2,8,10-11,13-15H2,(H,26,29)/t20-,23+/m0/s1. The first-order chi connectivity index (χ1) is 15.1. The third-order valence-electron chi connectivity index (χ3n) is 6.22. The molecule has 2 N–H and O–H groups in total. The highest BCUT2D eigenvalue weighted by molar-refractivity contribution is 5.92. The summed E-state index contributed by atoms with van der Waals surface area (Å²) in [5, 5.41) is 6.17. The molecule has 0 saturated carbocycles. The van der Waals surface area contributed by atoms with Crippen molar-refractivity contribution < 1.29 is 19.1 Å². The average Bonchev–Trinajstić information content (AvgIpc) is 3.55. The molecule has 2 amide bonds. The summed E-state index contributed by atoms with van der Waals surface area (Å²) >= 11 is 0. The van der Waals surface area contributed by atoms with Crippen molar-refractivity contribution in [1.29, 1.82) is 0 Å². The zero-order chi connectivity index (χ0) is 21.3. The zero-order valence-electron chi connectivity index (χ0n) is 17.3. The van der Waals surface area contributed by atoms with E-state index in [2.05, 4.69) is 15.6 Å². The lowest BCUT2D eigenvalue weighted by Gasteiger charge is -2.30. The van der Waals surface area contributed by atoms with E-state index in [-0.39, 0.29) is 17.9 Å². The van der Waals surface area contributed by atoms with Crippen molar-refractivity contribution in [2.24, 2.45) is 0 Å². The molecule has 1 aromatic carbocycles. The van der Waals surface area contributed by atoms with Gasteiger partial charge in [0.05, 0.1) is 0 Å². The maximum Gasteiger partial charge on any atom is 0.322 e. The number of rotatable bonds is 5. The normalized spacial score (nSPS) is 24.8. The summed E-state index contributed by atoms with van der Waals surface area (Å²) < 4.78 is 11.8. The van der Waals surface area contributed by atoms with Gasteiger partial charge in [0.25, 0.3) is 0 Å². The lowest BCUT2D eigenvalue weighted by Crippen LogP contribution is -2.51. The Balaban J connectivity index is 1.22. The van der Waals surface area contributed by atoms with Gasteiger partial charge in [0.2, 0.25) is 5.78 Å². The molecule has 2 fully saturated rings. The maximum absolute atomic E-state index is 13.1. The van der Waals surface area contributed by atoms with Gasteiger partial charge in [-0.05, 0) is 60.8 Å². The van der Waals surface area contributed by atoms with Gasteiger partial charge in [0.15, 0.2) is 5.60 Å². The Hall–Kier alpha value is -2.97. The molecule has 4 heterocycles. The monoisotopic (exact) mass is 422 g/mol. The molecule has 0 spiro atoms. The Kier molecular flexibility index (Phi) is 5.33. The molecule has 3 aliphatic heterocycles. The van der Waals surface area contributed by atoms with E-state index in [1.807, 2.05) is 6.07 Å². The summed E-state index contributed by atoms with van der Waals surface area (Å²) in [6, 6.07) is 8.97. The van der Waals surface area contributed by atoms with Gasteiger partial charge >= 0.3 is 6.03 Å². The molecule has 2 aromatic rings. The molecule has 1 aromatic heterocycles. The Morgan fingerprint density at radius 2 is 2.03 bits per heavy atom. The number of benzene rings is 1. The lowest BCUT2D eigenvalue weighted by molar-refractivity contribution is -0.142. The zero-order valence-corrected chi connectivity index (χ0v) is 17.3. The number of carbonyl (C=O) groups excluding carboxylic acids is 2. The number of carbonyl (C=O) groups is 2. The van der Waals surface area contributed by atoms with Crippen molar-refractivity contribution in [2.75, 3.05) is 25.0 Å². The molecule has 8 heteroatoms. The van der Waals surface area contributed by atoms with E-state index in [0.717, 1.165) is 30.5 Å². The molecule has 3 aliphatic rings. The first kappa shape index (κ1) is 20.0. The quantitative estimate of drug-likeness (QED) is 0.769. The first-order valence-corrected chi connectivity index (χ1v) is 10.8.